The molecule has 0 unspecified atom stereocenters. The summed E-state index contributed by atoms with van der Waals surface area (Å²) in [6.45, 7) is 2.61. The number of nitrogens with zero attached hydrogens (tertiary/aromatic N) is 2. The van der Waals surface area contributed by atoms with Crippen LogP contribution in [0.25, 0.3) is 5.69 Å². The van der Waals surface area contributed by atoms with Gasteiger partial charge in [-0.05, 0) is 29.8 Å². The molecule has 0 amide bonds. The van der Waals surface area contributed by atoms with Crippen molar-refractivity contribution in [1.82, 2.24) is 9.47 Å². The molecule has 0 saturated carbocycles. The van der Waals surface area contributed by atoms with Crippen LogP contribution in [0.5, 0.6) is 0 Å². The Balaban J connectivity index is 1.55. The third-order valence-corrected chi connectivity index (χ3v) is 4.56. The number of hydrogen-bond donors (Lipinski definition) is 0. The molecule has 1 fully saturated rings. The molecular formula is C20H19ClN2O. The molecule has 1 aliphatic heterocycles. The number of halogens is 1. The van der Waals surface area contributed by atoms with E-state index in [2.05, 4.69) is 52.2 Å². The summed E-state index contributed by atoms with van der Waals surface area (Å²) < 4.78 is 8.07. The van der Waals surface area contributed by atoms with Gasteiger partial charge in [0.2, 0.25) is 0 Å². The van der Waals surface area contributed by atoms with Gasteiger partial charge in [-0.1, -0.05) is 48.0 Å². The average Bonchev–Trinajstić information content (AvgIpc) is 3.25. The SMILES string of the molecule is Clc1cccc(-n2ccc([C@@H]3OCCN3Cc3ccccc3)c2)c1. The van der Waals surface area contributed by atoms with Crippen molar-refractivity contribution < 1.29 is 4.74 Å². The number of ether oxygens (including phenoxy) is 1. The zero-order valence-corrected chi connectivity index (χ0v) is 14.1. The predicted octanol–water partition coefficient (Wildman–Crippen LogP) is 4.66. The summed E-state index contributed by atoms with van der Waals surface area (Å²) in [6, 6.07) is 20.5. The molecule has 0 radical (unpaired) electrons. The summed E-state index contributed by atoms with van der Waals surface area (Å²) in [5.74, 6) is 0. The maximum Gasteiger partial charge on any atom is 0.138 e. The molecule has 122 valence electrons. The lowest BCUT2D eigenvalue weighted by atomic mass is 10.2. The Kier molecular flexibility index (Phi) is 4.39. The van der Waals surface area contributed by atoms with Crippen molar-refractivity contribution in [3.63, 3.8) is 0 Å². The van der Waals surface area contributed by atoms with Gasteiger partial charge in [-0.25, -0.2) is 0 Å². The van der Waals surface area contributed by atoms with Crippen LogP contribution in [0, 0.1) is 0 Å². The van der Waals surface area contributed by atoms with Gasteiger partial charge in [-0.2, -0.15) is 0 Å². The first-order valence-electron chi connectivity index (χ1n) is 8.13. The van der Waals surface area contributed by atoms with Crippen LogP contribution < -0.4 is 0 Å². The highest BCUT2D eigenvalue weighted by atomic mass is 35.5. The van der Waals surface area contributed by atoms with Gasteiger partial charge in [-0.15, -0.1) is 0 Å². The van der Waals surface area contributed by atoms with Crippen LogP contribution in [0.1, 0.15) is 17.4 Å². The Bertz CT molecular complexity index is 815. The fraction of sp³-hybridized carbons (Fsp3) is 0.200. The number of rotatable bonds is 4. The van der Waals surface area contributed by atoms with Gasteiger partial charge in [0.25, 0.3) is 0 Å². The van der Waals surface area contributed by atoms with Crippen molar-refractivity contribution >= 4 is 11.6 Å². The van der Waals surface area contributed by atoms with Gasteiger partial charge in [0.1, 0.15) is 6.23 Å². The minimum absolute atomic E-state index is 0.00522. The normalized spacial score (nSPS) is 18.1. The van der Waals surface area contributed by atoms with E-state index < -0.39 is 0 Å². The third-order valence-electron chi connectivity index (χ3n) is 4.32. The van der Waals surface area contributed by atoms with Crippen molar-refractivity contribution in [2.24, 2.45) is 0 Å². The van der Waals surface area contributed by atoms with Gasteiger partial charge in [0, 0.05) is 41.8 Å². The third kappa shape index (κ3) is 3.24. The van der Waals surface area contributed by atoms with E-state index in [9.17, 15) is 0 Å². The van der Waals surface area contributed by atoms with Crippen molar-refractivity contribution in [3.8, 4) is 5.69 Å². The van der Waals surface area contributed by atoms with E-state index in [-0.39, 0.29) is 6.23 Å². The van der Waals surface area contributed by atoms with Gasteiger partial charge >= 0.3 is 0 Å². The Morgan fingerprint density at radius 3 is 2.75 bits per heavy atom. The first-order chi connectivity index (χ1) is 11.8. The minimum atomic E-state index is 0.00522. The van der Waals surface area contributed by atoms with E-state index in [0.717, 1.165) is 30.4 Å². The highest BCUT2D eigenvalue weighted by molar-refractivity contribution is 6.30. The van der Waals surface area contributed by atoms with Crippen LogP contribution in [-0.4, -0.2) is 22.6 Å². The first kappa shape index (κ1) is 15.5. The summed E-state index contributed by atoms with van der Waals surface area (Å²) >= 11 is 6.10. The summed E-state index contributed by atoms with van der Waals surface area (Å²) in [5, 5.41) is 0.741. The Hall–Kier alpha value is -2.07. The van der Waals surface area contributed by atoms with Crippen LogP contribution in [0.2, 0.25) is 5.02 Å². The number of benzene rings is 2. The Morgan fingerprint density at radius 1 is 1.04 bits per heavy atom. The lowest BCUT2D eigenvalue weighted by Gasteiger charge is -2.22. The zero-order chi connectivity index (χ0) is 16.4. The number of hydrogen-bond acceptors (Lipinski definition) is 2. The van der Waals surface area contributed by atoms with E-state index in [1.807, 2.05) is 30.3 Å². The maximum absolute atomic E-state index is 6.10. The fourth-order valence-electron chi connectivity index (χ4n) is 3.15. The molecule has 1 aromatic heterocycles. The van der Waals surface area contributed by atoms with Crippen LogP contribution in [-0.2, 0) is 11.3 Å². The molecule has 2 aromatic carbocycles. The predicted molar refractivity (Wildman–Crippen MR) is 96.3 cm³/mol. The van der Waals surface area contributed by atoms with Crippen molar-refractivity contribution in [3.05, 3.63) is 89.2 Å². The summed E-state index contributed by atoms with van der Waals surface area (Å²) in [6.07, 6.45) is 4.19. The highest BCUT2D eigenvalue weighted by Crippen LogP contribution is 2.29. The Labute approximate surface area is 147 Å². The highest BCUT2D eigenvalue weighted by Gasteiger charge is 2.27. The molecule has 0 aliphatic carbocycles. The van der Waals surface area contributed by atoms with Gasteiger partial charge in [0.15, 0.2) is 0 Å². The molecule has 3 nitrogen and oxygen atoms in total. The molecule has 0 spiro atoms. The fourth-order valence-corrected chi connectivity index (χ4v) is 3.33. The van der Waals surface area contributed by atoms with Crippen molar-refractivity contribution in [1.29, 1.82) is 0 Å². The molecule has 3 aromatic rings. The molecular weight excluding hydrogens is 320 g/mol. The first-order valence-corrected chi connectivity index (χ1v) is 8.51. The monoisotopic (exact) mass is 338 g/mol. The van der Waals surface area contributed by atoms with Gasteiger partial charge in [-0.3, -0.25) is 4.90 Å². The topological polar surface area (TPSA) is 17.4 Å². The minimum Gasteiger partial charge on any atom is -0.357 e. The molecule has 4 heteroatoms. The standard InChI is InChI=1S/C20H19ClN2O/c21-18-7-4-8-19(13-18)22-10-9-17(15-22)20-23(11-12-24-20)14-16-5-2-1-3-6-16/h1-10,13,15,20H,11-12,14H2/t20-/m0/s1. The van der Waals surface area contributed by atoms with E-state index in [1.54, 1.807) is 0 Å². The second-order valence-electron chi connectivity index (χ2n) is 6.01. The molecule has 1 atom stereocenters. The molecule has 2 heterocycles. The van der Waals surface area contributed by atoms with Crippen molar-refractivity contribution in [2.45, 2.75) is 12.8 Å². The molecule has 4 rings (SSSR count). The van der Waals surface area contributed by atoms with Crippen LogP contribution >= 0.6 is 11.6 Å². The van der Waals surface area contributed by atoms with Gasteiger partial charge in [0.05, 0.1) is 6.61 Å². The van der Waals surface area contributed by atoms with E-state index in [1.165, 1.54) is 11.1 Å². The van der Waals surface area contributed by atoms with E-state index in [4.69, 9.17) is 16.3 Å². The molecule has 24 heavy (non-hydrogen) atoms. The second kappa shape index (κ2) is 6.81. The lowest BCUT2D eigenvalue weighted by Crippen LogP contribution is -2.23. The van der Waals surface area contributed by atoms with Gasteiger partial charge < -0.3 is 9.30 Å². The van der Waals surface area contributed by atoms with Crippen molar-refractivity contribution in [2.75, 3.05) is 13.2 Å². The lowest BCUT2D eigenvalue weighted by molar-refractivity contribution is 0.0288. The van der Waals surface area contributed by atoms with E-state index in [0.29, 0.717) is 0 Å². The zero-order valence-electron chi connectivity index (χ0n) is 13.3. The van der Waals surface area contributed by atoms with Crippen LogP contribution in [0.3, 0.4) is 0 Å². The molecule has 1 aliphatic rings. The van der Waals surface area contributed by atoms with Crippen LogP contribution in [0.15, 0.2) is 73.1 Å². The van der Waals surface area contributed by atoms with Crippen LogP contribution in [0.4, 0.5) is 0 Å². The molecule has 0 bridgehead atoms. The largest absolute Gasteiger partial charge is 0.357 e. The van der Waals surface area contributed by atoms with E-state index >= 15 is 0 Å². The summed E-state index contributed by atoms with van der Waals surface area (Å²) in [5.41, 5.74) is 3.53. The smallest absolute Gasteiger partial charge is 0.138 e. The molecule has 0 N–H and O–H groups in total. The Morgan fingerprint density at radius 2 is 1.92 bits per heavy atom. The molecule has 1 saturated heterocycles. The second-order valence-corrected chi connectivity index (χ2v) is 6.45. The number of aromatic nitrogens is 1. The average molecular weight is 339 g/mol. The quantitative estimate of drug-likeness (QED) is 0.688. The summed E-state index contributed by atoms with van der Waals surface area (Å²) in [4.78, 5) is 2.37. The summed E-state index contributed by atoms with van der Waals surface area (Å²) in [7, 11) is 0. The maximum atomic E-state index is 6.10.